The zero-order valence-corrected chi connectivity index (χ0v) is 9.57. The molecule has 0 radical (unpaired) electrons. The minimum Gasteiger partial charge on any atom is -0.496 e. The van der Waals surface area contributed by atoms with Gasteiger partial charge in [-0.2, -0.15) is 0 Å². The molecule has 0 fully saturated rings. The third-order valence-corrected chi connectivity index (χ3v) is 2.36. The second kappa shape index (κ2) is 5.30. The summed E-state index contributed by atoms with van der Waals surface area (Å²) in [4.78, 5) is 21.9. The van der Waals surface area contributed by atoms with E-state index in [-0.39, 0.29) is 12.4 Å². The lowest BCUT2D eigenvalue weighted by atomic mass is 10.0. The molecular weight excluding hydrogens is 208 g/mol. The third kappa shape index (κ3) is 2.59. The number of aryl methyl sites for hydroxylation is 1. The Morgan fingerprint density at radius 2 is 2.06 bits per heavy atom. The summed E-state index contributed by atoms with van der Waals surface area (Å²) in [5.41, 5.74) is 2.03. The molecule has 0 N–H and O–H groups in total. The first-order chi connectivity index (χ1) is 7.62. The number of carbonyl (C=O) groups is 2. The van der Waals surface area contributed by atoms with Gasteiger partial charge in [0.15, 0.2) is 0 Å². The van der Waals surface area contributed by atoms with Crippen molar-refractivity contribution in [3.8, 4) is 5.75 Å². The maximum Gasteiger partial charge on any atom is 0.310 e. The van der Waals surface area contributed by atoms with E-state index in [0.29, 0.717) is 16.9 Å². The van der Waals surface area contributed by atoms with Crippen LogP contribution >= 0.6 is 0 Å². The fourth-order valence-corrected chi connectivity index (χ4v) is 1.43. The van der Waals surface area contributed by atoms with E-state index in [2.05, 4.69) is 4.74 Å². The average Bonchev–Trinajstić information content (AvgIpc) is 2.30. The number of benzene rings is 1. The Morgan fingerprint density at radius 1 is 1.38 bits per heavy atom. The summed E-state index contributed by atoms with van der Waals surface area (Å²) in [7, 11) is 2.85. The van der Waals surface area contributed by atoms with Gasteiger partial charge in [0.2, 0.25) is 0 Å². The fraction of sp³-hybridized carbons (Fsp3) is 0.333. The Hall–Kier alpha value is -1.84. The summed E-state index contributed by atoms with van der Waals surface area (Å²) in [5, 5.41) is 0. The van der Waals surface area contributed by atoms with Crippen LogP contribution in [0.2, 0.25) is 0 Å². The van der Waals surface area contributed by atoms with Gasteiger partial charge in [-0.05, 0) is 24.6 Å². The third-order valence-electron chi connectivity index (χ3n) is 2.36. The van der Waals surface area contributed by atoms with Crippen molar-refractivity contribution in [2.75, 3.05) is 14.2 Å². The summed E-state index contributed by atoms with van der Waals surface area (Å²) in [6.07, 6.45) is 0.857. The Balaban J connectivity index is 3.14. The van der Waals surface area contributed by atoms with Gasteiger partial charge >= 0.3 is 5.97 Å². The molecule has 0 atom stereocenters. The molecule has 0 amide bonds. The Kier molecular flexibility index (Phi) is 4.05. The van der Waals surface area contributed by atoms with Crippen LogP contribution in [-0.4, -0.2) is 26.5 Å². The van der Waals surface area contributed by atoms with Crippen LogP contribution in [0.5, 0.6) is 5.75 Å². The van der Waals surface area contributed by atoms with Crippen molar-refractivity contribution in [1.82, 2.24) is 0 Å². The lowest BCUT2D eigenvalue weighted by Gasteiger charge is -2.10. The lowest BCUT2D eigenvalue weighted by Crippen LogP contribution is -2.07. The summed E-state index contributed by atoms with van der Waals surface area (Å²) < 4.78 is 9.72. The van der Waals surface area contributed by atoms with Crippen molar-refractivity contribution >= 4 is 12.3 Å². The quantitative estimate of drug-likeness (QED) is 0.572. The zero-order chi connectivity index (χ0) is 12.1. The van der Waals surface area contributed by atoms with Crippen LogP contribution in [0.25, 0.3) is 0 Å². The van der Waals surface area contributed by atoms with Crippen molar-refractivity contribution in [2.45, 2.75) is 13.3 Å². The predicted molar refractivity (Wildman–Crippen MR) is 58.8 cm³/mol. The Labute approximate surface area is 94.2 Å². The number of carbonyl (C=O) groups excluding carboxylic acids is 2. The van der Waals surface area contributed by atoms with Crippen molar-refractivity contribution in [3.63, 3.8) is 0 Å². The first-order valence-corrected chi connectivity index (χ1v) is 4.82. The maximum absolute atomic E-state index is 11.2. The van der Waals surface area contributed by atoms with Gasteiger partial charge in [0.25, 0.3) is 0 Å². The highest BCUT2D eigenvalue weighted by molar-refractivity contribution is 5.80. The molecule has 0 saturated carbocycles. The van der Waals surface area contributed by atoms with Crippen LogP contribution in [0.15, 0.2) is 12.1 Å². The minimum atomic E-state index is -0.362. The zero-order valence-electron chi connectivity index (χ0n) is 9.57. The molecule has 0 saturated heterocycles. The second-order valence-electron chi connectivity index (χ2n) is 3.39. The number of hydrogen-bond donors (Lipinski definition) is 0. The monoisotopic (exact) mass is 222 g/mol. The van der Waals surface area contributed by atoms with E-state index < -0.39 is 0 Å². The first-order valence-electron chi connectivity index (χ1n) is 4.82. The van der Waals surface area contributed by atoms with E-state index in [0.717, 1.165) is 11.8 Å². The smallest absolute Gasteiger partial charge is 0.310 e. The van der Waals surface area contributed by atoms with E-state index in [1.54, 1.807) is 12.1 Å². The number of rotatable bonds is 4. The first kappa shape index (κ1) is 12.2. The van der Waals surface area contributed by atoms with Gasteiger partial charge in [0.05, 0.1) is 20.6 Å². The van der Waals surface area contributed by atoms with E-state index in [1.807, 2.05) is 6.92 Å². The highest BCUT2D eigenvalue weighted by atomic mass is 16.5. The molecule has 0 aliphatic rings. The van der Waals surface area contributed by atoms with Gasteiger partial charge in [0.1, 0.15) is 12.0 Å². The predicted octanol–water partition coefficient (Wildman–Crippen LogP) is 1.53. The summed E-state index contributed by atoms with van der Waals surface area (Å²) >= 11 is 0. The van der Waals surface area contributed by atoms with E-state index in [4.69, 9.17) is 4.74 Å². The van der Waals surface area contributed by atoms with Crippen LogP contribution < -0.4 is 4.74 Å². The number of hydrogen-bond acceptors (Lipinski definition) is 4. The van der Waals surface area contributed by atoms with Gasteiger partial charge in [-0.1, -0.05) is 0 Å². The largest absolute Gasteiger partial charge is 0.496 e. The second-order valence-corrected chi connectivity index (χ2v) is 3.39. The molecule has 0 aromatic heterocycles. The molecule has 1 aromatic carbocycles. The van der Waals surface area contributed by atoms with Crippen molar-refractivity contribution in [2.24, 2.45) is 0 Å². The minimum absolute atomic E-state index is 0.0980. The van der Waals surface area contributed by atoms with Gasteiger partial charge in [-0.25, -0.2) is 0 Å². The van der Waals surface area contributed by atoms with Crippen molar-refractivity contribution in [1.29, 1.82) is 0 Å². The summed E-state index contributed by atoms with van der Waals surface area (Å²) in [6.45, 7) is 1.81. The van der Waals surface area contributed by atoms with Crippen LogP contribution in [0.1, 0.15) is 21.5 Å². The SMILES string of the molecule is COC(=O)Cc1cc(C=O)c(C)cc1OC. The van der Waals surface area contributed by atoms with Crippen LogP contribution in [-0.2, 0) is 16.0 Å². The molecule has 16 heavy (non-hydrogen) atoms. The number of ether oxygens (including phenoxy) is 2. The maximum atomic E-state index is 11.2. The fourth-order valence-electron chi connectivity index (χ4n) is 1.43. The molecule has 0 heterocycles. The van der Waals surface area contributed by atoms with Gasteiger partial charge in [-0.3, -0.25) is 9.59 Å². The summed E-state index contributed by atoms with van der Waals surface area (Å²) in [6, 6.07) is 3.39. The molecule has 4 heteroatoms. The molecule has 1 rings (SSSR count). The standard InChI is InChI=1S/C12H14O4/c1-8-4-11(15-2)9(5-10(8)7-13)6-12(14)16-3/h4-5,7H,6H2,1-3H3. The topological polar surface area (TPSA) is 52.6 Å². The van der Waals surface area contributed by atoms with Crippen molar-refractivity contribution < 1.29 is 19.1 Å². The molecule has 86 valence electrons. The Morgan fingerprint density at radius 3 is 2.56 bits per heavy atom. The highest BCUT2D eigenvalue weighted by Crippen LogP contribution is 2.23. The van der Waals surface area contributed by atoms with E-state index in [1.165, 1.54) is 14.2 Å². The normalized spacial score (nSPS) is 9.69. The molecule has 0 bridgehead atoms. The molecular formula is C12H14O4. The van der Waals surface area contributed by atoms with Gasteiger partial charge < -0.3 is 9.47 Å². The Bertz CT molecular complexity index is 410. The van der Waals surface area contributed by atoms with Gasteiger partial charge in [-0.15, -0.1) is 0 Å². The van der Waals surface area contributed by atoms with E-state index >= 15 is 0 Å². The van der Waals surface area contributed by atoms with Gasteiger partial charge in [0, 0.05) is 11.1 Å². The summed E-state index contributed by atoms with van der Waals surface area (Å²) in [5.74, 6) is 0.229. The van der Waals surface area contributed by atoms with Crippen molar-refractivity contribution in [3.05, 3.63) is 28.8 Å². The highest BCUT2D eigenvalue weighted by Gasteiger charge is 2.11. The molecule has 4 nitrogen and oxygen atoms in total. The molecule has 0 aliphatic heterocycles. The average molecular weight is 222 g/mol. The molecule has 1 aromatic rings. The lowest BCUT2D eigenvalue weighted by molar-refractivity contribution is -0.139. The molecule has 0 unspecified atom stereocenters. The van der Waals surface area contributed by atoms with Crippen LogP contribution in [0, 0.1) is 6.92 Å². The van der Waals surface area contributed by atoms with Crippen LogP contribution in [0.4, 0.5) is 0 Å². The number of methoxy groups -OCH3 is 2. The van der Waals surface area contributed by atoms with Crippen LogP contribution in [0.3, 0.4) is 0 Å². The van der Waals surface area contributed by atoms with E-state index in [9.17, 15) is 9.59 Å². The molecule has 0 aliphatic carbocycles. The number of esters is 1. The molecule has 0 spiro atoms. The number of aldehydes is 1.